The van der Waals surface area contributed by atoms with E-state index in [-0.39, 0.29) is 0 Å². The van der Waals surface area contributed by atoms with Crippen molar-refractivity contribution in [1.29, 1.82) is 0 Å². The Hall–Kier alpha value is -0.300. The van der Waals surface area contributed by atoms with E-state index in [1.54, 1.807) is 0 Å². The molecule has 0 radical (unpaired) electrons. The van der Waals surface area contributed by atoms with Gasteiger partial charge in [0.2, 0.25) is 0 Å². The summed E-state index contributed by atoms with van der Waals surface area (Å²) in [5.74, 6) is 0.781. The normalized spacial score (nSPS) is 15.9. The zero-order chi connectivity index (χ0) is 12.8. The Balaban J connectivity index is 4.11. The van der Waals surface area contributed by atoms with E-state index >= 15 is 0 Å². The Morgan fingerprint density at radius 3 is 2.25 bits per heavy atom. The van der Waals surface area contributed by atoms with Crippen molar-refractivity contribution in [3.63, 3.8) is 0 Å². The third-order valence-corrected chi connectivity index (χ3v) is 2.74. The van der Waals surface area contributed by atoms with Crippen LogP contribution in [0, 0.1) is 11.3 Å². The van der Waals surface area contributed by atoms with Crippen molar-refractivity contribution >= 4 is 0 Å². The first-order chi connectivity index (χ1) is 7.24. The summed E-state index contributed by atoms with van der Waals surface area (Å²) >= 11 is 0. The SMILES string of the molecule is C=C(C)CC(CC(C)CC(C)(C)C)NCC. The molecule has 0 aromatic carbocycles. The van der Waals surface area contributed by atoms with Gasteiger partial charge in [-0.2, -0.15) is 0 Å². The molecule has 0 aromatic heterocycles. The molecule has 0 spiro atoms. The van der Waals surface area contributed by atoms with Crippen LogP contribution in [0.1, 0.15) is 60.8 Å². The van der Waals surface area contributed by atoms with Crippen molar-refractivity contribution in [2.24, 2.45) is 11.3 Å². The van der Waals surface area contributed by atoms with E-state index in [0.29, 0.717) is 11.5 Å². The van der Waals surface area contributed by atoms with Gasteiger partial charge in [-0.1, -0.05) is 40.2 Å². The molecular weight excluding hydrogens is 194 g/mol. The maximum atomic E-state index is 4.02. The summed E-state index contributed by atoms with van der Waals surface area (Å²) in [7, 11) is 0. The van der Waals surface area contributed by atoms with E-state index in [2.05, 4.69) is 53.4 Å². The van der Waals surface area contributed by atoms with E-state index in [4.69, 9.17) is 0 Å². The molecule has 1 heteroatoms. The molecule has 16 heavy (non-hydrogen) atoms. The summed E-state index contributed by atoms with van der Waals surface area (Å²) in [6.45, 7) is 18.7. The lowest BCUT2D eigenvalue weighted by Crippen LogP contribution is -2.31. The van der Waals surface area contributed by atoms with Crippen LogP contribution in [0.25, 0.3) is 0 Å². The van der Waals surface area contributed by atoms with Crippen LogP contribution in [0.5, 0.6) is 0 Å². The van der Waals surface area contributed by atoms with Crippen molar-refractivity contribution in [3.8, 4) is 0 Å². The highest BCUT2D eigenvalue weighted by atomic mass is 14.9. The topological polar surface area (TPSA) is 12.0 Å². The Morgan fingerprint density at radius 1 is 1.31 bits per heavy atom. The van der Waals surface area contributed by atoms with Crippen LogP contribution in [-0.2, 0) is 0 Å². The standard InChI is InChI=1S/C15H31N/c1-8-16-14(9-12(2)3)10-13(4)11-15(5,6)7/h13-14,16H,2,8-11H2,1,3-7H3. The fourth-order valence-electron chi connectivity index (χ4n) is 2.56. The number of nitrogens with one attached hydrogen (secondary N) is 1. The average Bonchev–Trinajstić information content (AvgIpc) is 1.98. The van der Waals surface area contributed by atoms with Crippen molar-refractivity contribution in [2.45, 2.75) is 66.8 Å². The van der Waals surface area contributed by atoms with Gasteiger partial charge in [-0.05, 0) is 44.1 Å². The molecule has 2 unspecified atom stereocenters. The second-order valence-corrected chi connectivity index (χ2v) is 6.52. The molecule has 0 rings (SSSR count). The molecule has 0 heterocycles. The molecule has 0 saturated carbocycles. The molecular formula is C15H31N. The van der Waals surface area contributed by atoms with E-state index in [9.17, 15) is 0 Å². The molecule has 0 aliphatic rings. The van der Waals surface area contributed by atoms with Crippen LogP contribution in [0.2, 0.25) is 0 Å². The van der Waals surface area contributed by atoms with E-state index in [1.807, 2.05) is 0 Å². The van der Waals surface area contributed by atoms with Gasteiger partial charge in [0, 0.05) is 6.04 Å². The largest absolute Gasteiger partial charge is 0.314 e. The summed E-state index contributed by atoms with van der Waals surface area (Å²) in [6, 6.07) is 0.611. The Kier molecular flexibility index (Phi) is 6.98. The molecule has 0 amide bonds. The Bertz CT molecular complexity index is 200. The highest BCUT2D eigenvalue weighted by molar-refractivity contribution is 4.93. The number of hydrogen-bond acceptors (Lipinski definition) is 1. The summed E-state index contributed by atoms with van der Waals surface area (Å²) in [5, 5.41) is 3.57. The highest BCUT2D eigenvalue weighted by Gasteiger charge is 2.18. The second-order valence-electron chi connectivity index (χ2n) is 6.52. The average molecular weight is 225 g/mol. The predicted molar refractivity (Wildman–Crippen MR) is 74.7 cm³/mol. The third-order valence-electron chi connectivity index (χ3n) is 2.74. The third kappa shape index (κ3) is 8.96. The van der Waals surface area contributed by atoms with Gasteiger partial charge in [0.05, 0.1) is 0 Å². The molecule has 1 nitrogen and oxygen atoms in total. The van der Waals surface area contributed by atoms with E-state index in [0.717, 1.165) is 18.9 Å². The van der Waals surface area contributed by atoms with Crippen molar-refractivity contribution < 1.29 is 0 Å². The first kappa shape index (κ1) is 15.7. The molecule has 0 aliphatic carbocycles. The van der Waals surface area contributed by atoms with Crippen LogP contribution in [0.4, 0.5) is 0 Å². The van der Waals surface area contributed by atoms with Crippen LogP contribution < -0.4 is 5.32 Å². The highest BCUT2D eigenvalue weighted by Crippen LogP contribution is 2.27. The van der Waals surface area contributed by atoms with Gasteiger partial charge in [0.25, 0.3) is 0 Å². The summed E-state index contributed by atoms with van der Waals surface area (Å²) in [5.41, 5.74) is 1.73. The van der Waals surface area contributed by atoms with Crippen molar-refractivity contribution in [3.05, 3.63) is 12.2 Å². The molecule has 0 aliphatic heterocycles. The maximum Gasteiger partial charge on any atom is 0.0106 e. The first-order valence-electron chi connectivity index (χ1n) is 6.62. The minimum atomic E-state index is 0.444. The molecule has 1 N–H and O–H groups in total. The summed E-state index contributed by atoms with van der Waals surface area (Å²) in [4.78, 5) is 0. The maximum absolute atomic E-state index is 4.02. The fourth-order valence-corrected chi connectivity index (χ4v) is 2.56. The molecule has 0 bridgehead atoms. The monoisotopic (exact) mass is 225 g/mol. The fraction of sp³-hybridized carbons (Fsp3) is 0.867. The van der Waals surface area contributed by atoms with Crippen LogP contribution in [0.3, 0.4) is 0 Å². The molecule has 0 fully saturated rings. The van der Waals surface area contributed by atoms with Crippen LogP contribution >= 0.6 is 0 Å². The summed E-state index contributed by atoms with van der Waals surface area (Å²) < 4.78 is 0. The van der Waals surface area contributed by atoms with Gasteiger partial charge < -0.3 is 5.32 Å². The predicted octanol–water partition coefficient (Wildman–Crippen LogP) is 4.39. The van der Waals surface area contributed by atoms with Gasteiger partial charge in [0.1, 0.15) is 0 Å². The molecule has 0 saturated heterocycles. The van der Waals surface area contributed by atoms with Gasteiger partial charge in [-0.25, -0.2) is 0 Å². The Morgan fingerprint density at radius 2 is 1.88 bits per heavy atom. The number of hydrogen-bond donors (Lipinski definition) is 1. The van der Waals surface area contributed by atoms with Gasteiger partial charge in [-0.15, -0.1) is 6.58 Å². The smallest absolute Gasteiger partial charge is 0.0106 e. The van der Waals surface area contributed by atoms with Crippen LogP contribution in [-0.4, -0.2) is 12.6 Å². The summed E-state index contributed by atoms with van der Waals surface area (Å²) in [6.07, 6.45) is 3.67. The first-order valence-corrected chi connectivity index (χ1v) is 6.62. The lowest BCUT2D eigenvalue weighted by Gasteiger charge is -2.27. The second kappa shape index (κ2) is 7.11. The van der Waals surface area contributed by atoms with Crippen LogP contribution in [0.15, 0.2) is 12.2 Å². The van der Waals surface area contributed by atoms with E-state index in [1.165, 1.54) is 18.4 Å². The zero-order valence-electron chi connectivity index (χ0n) is 12.2. The lowest BCUT2D eigenvalue weighted by molar-refractivity contribution is 0.275. The minimum Gasteiger partial charge on any atom is -0.314 e. The molecule has 96 valence electrons. The molecule has 2 atom stereocenters. The van der Waals surface area contributed by atoms with Crippen molar-refractivity contribution in [1.82, 2.24) is 5.32 Å². The number of rotatable bonds is 7. The van der Waals surface area contributed by atoms with E-state index < -0.39 is 0 Å². The lowest BCUT2D eigenvalue weighted by atomic mass is 9.82. The zero-order valence-corrected chi connectivity index (χ0v) is 12.2. The van der Waals surface area contributed by atoms with Gasteiger partial charge >= 0.3 is 0 Å². The molecule has 0 aromatic rings. The quantitative estimate of drug-likeness (QED) is 0.634. The van der Waals surface area contributed by atoms with Crippen molar-refractivity contribution in [2.75, 3.05) is 6.54 Å². The van der Waals surface area contributed by atoms with Gasteiger partial charge in [-0.3, -0.25) is 0 Å². The Labute approximate surface area is 103 Å². The minimum absolute atomic E-state index is 0.444. The van der Waals surface area contributed by atoms with Gasteiger partial charge in [0.15, 0.2) is 0 Å².